The molecule has 0 unspecified atom stereocenters. The highest BCUT2D eigenvalue weighted by Crippen LogP contribution is 2.15. The maximum absolute atomic E-state index is 12.5. The molecule has 0 aliphatic carbocycles. The largest absolute Gasteiger partial charge is 0.448 e. The van der Waals surface area contributed by atoms with E-state index in [9.17, 15) is 19.2 Å². The van der Waals surface area contributed by atoms with Crippen LogP contribution in [0.1, 0.15) is 31.3 Å². The number of ether oxygens (including phenoxy) is 1. The van der Waals surface area contributed by atoms with Crippen molar-refractivity contribution in [1.29, 1.82) is 0 Å². The lowest BCUT2D eigenvalue weighted by Crippen LogP contribution is -2.42. The monoisotopic (exact) mass is 360 g/mol. The van der Waals surface area contributed by atoms with Crippen LogP contribution in [-0.4, -0.2) is 33.8 Å². The van der Waals surface area contributed by atoms with E-state index in [1.54, 1.807) is 24.3 Å². The summed E-state index contributed by atoms with van der Waals surface area (Å²) >= 11 is 0. The molecule has 0 saturated carbocycles. The zero-order valence-corrected chi connectivity index (χ0v) is 14.7. The van der Waals surface area contributed by atoms with Crippen LogP contribution in [0.5, 0.6) is 0 Å². The molecule has 3 N–H and O–H groups in total. The molecule has 1 heterocycles. The molecule has 0 spiro atoms. The predicted octanol–water partition coefficient (Wildman–Crippen LogP) is 0.793. The van der Waals surface area contributed by atoms with Gasteiger partial charge in [-0.1, -0.05) is 32.0 Å². The van der Waals surface area contributed by atoms with Crippen molar-refractivity contribution in [2.24, 2.45) is 11.7 Å². The van der Waals surface area contributed by atoms with Gasteiger partial charge in [0.1, 0.15) is 0 Å². The van der Waals surface area contributed by atoms with Crippen LogP contribution < -0.4 is 16.6 Å². The molecular weight excluding hydrogens is 340 g/mol. The Kier molecular flexibility index (Phi) is 5.71. The van der Waals surface area contributed by atoms with Gasteiger partial charge in [0.05, 0.1) is 5.39 Å². The van der Waals surface area contributed by atoms with E-state index in [2.05, 4.69) is 5.10 Å². The fourth-order valence-corrected chi connectivity index (χ4v) is 2.35. The molecule has 0 fully saturated rings. The van der Waals surface area contributed by atoms with Gasteiger partial charge in [0.2, 0.25) is 0 Å². The van der Waals surface area contributed by atoms with Gasteiger partial charge in [0.25, 0.3) is 11.5 Å². The molecule has 2 rings (SSSR count). The molecule has 138 valence electrons. The fraction of sp³-hybridized carbons (Fsp3) is 0.353. The number of nitrogens with one attached hydrogen (secondary N) is 1. The van der Waals surface area contributed by atoms with Crippen LogP contribution in [0.3, 0.4) is 0 Å². The number of imide groups is 1. The average molecular weight is 360 g/mol. The first kappa shape index (κ1) is 19.1. The standard InChI is InChI=1S/C17H20N4O5/c1-9(2)8-21-15(23)12-7-5-4-6-11(12)13(20-21)16(24)26-10(3)14(22)19-17(18)25/h4-7,9-10H,8H2,1-3H3,(H3,18,19,22,25)/t10-/m1/s1. The van der Waals surface area contributed by atoms with Gasteiger partial charge in [-0.15, -0.1) is 0 Å². The zero-order chi connectivity index (χ0) is 19.4. The van der Waals surface area contributed by atoms with Crippen LogP contribution >= 0.6 is 0 Å². The summed E-state index contributed by atoms with van der Waals surface area (Å²) in [5.41, 5.74) is 4.47. The number of primary amides is 1. The Labute approximate surface area is 149 Å². The number of nitrogens with zero attached hydrogens (tertiary/aromatic N) is 2. The number of esters is 1. The number of amides is 3. The third kappa shape index (κ3) is 4.24. The summed E-state index contributed by atoms with van der Waals surface area (Å²) in [5, 5.41) is 6.60. The molecule has 26 heavy (non-hydrogen) atoms. The Morgan fingerprint density at radius 3 is 2.38 bits per heavy atom. The topological polar surface area (TPSA) is 133 Å². The van der Waals surface area contributed by atoms with Crippen molar-refractivity contribution in [3.8, 4) is 0 Å². The molecule has 0 saturated heterocycles. The minimum absolute atomic E-state index is 0.0837. The van der Waals surface area contributed by atoms with Gasteiger partial charge < -0.3 is 10.5 Å². The van der Waals surface area contributed by atoms with Crippen LogP contribution in [0, 0.1) is 5.92 Å². The first-order chi connectivity index (χ1) is 12.2. The molecular formula is C17H20N4O5. The second kappa shape index (κ2) is 7.77. The third-order valence-corrected chi connectivity index (χ3v) is 3.50. The fourth-order valence-electron chi connectivity index (χ4n) is 2.35. The van der Waals surface area contributed by atoms with Gasteiger partial charge in [-0.25, -0.2) is 14.3 Å². The molecule has 1 aromatic heterocycles. The summed E-state index contributed by atoms with van der Waals surface area (Å²) in [5.74, 6) is -1.61. The summed E-state index contributed by atoms with van der Waals surface area (Å²) in [6.07, 6.45) is -1.26. The lowest BCUT2D eigenvalue weighted by Gasteiger charge is -2.14. The van der Waals surface area contributed by atoms with Gasteiger partial charge >= 0.3 is 12.0 Å². The van der Waals surface area contributed by atoms with Crippen LogP contribution in [0.4, 0.5) is 4.79 Å². The van der Waals surface area contributed by atoms with Gasteiger partial charge in [0, 0.05) is 11.9 Å². The van der Waals surface area contributed by atoms with Crippen LogP contribution in [-0.2, 0) is 16.1 Å². The van der Waals surface area contributed by atoms with Crippen molar-refractivity contribution >= 4 is 28.7 Å². The maximum atomic E-state index is 12.5. The van der Waals surface area contributed by atoms with E-state index >= 15 is 0 Å². The summed E-state index contributed by atoms with van der Waals surface area (Å²) in [4.78, 5) is 47.5. The first-order valence-electron chi connectivity index (χ1n) is 8.01. The summed E-state index contributed by atoms with van der Waals surface area (Å²) in [6, 6.07) is 5.47. The number of hydrogen-bond donors (Lipinski definition) is 2. The number of urea groups is 1. The Morgan fingerprint density at radius 1 is 1.19 bits per heavy atom. The van der Waals surface area contributed by atoms with Crippen LogP contribution in [0.25, 0.3) is 10.8 Å². The minimum Gasteiger partial charge on any atom is -0.448 e. The van der Waals surface area contributed by atoms with E-state index in [1.165, 1.54) is 11.6 Å². The highest BCUT2D eigenvalue weighted by molar-refractivity contribution is 6.03. The highest BCUT2D eigenvalue weighted by Gasteiger charge is 2.24. The number of carbonyl (C=O) groups is 3. The quantitative estimate of drug-likeness (QED) is 0.757. The number of nitrogens with two attached hydrogens (primary N) is 1. The SMILES string of the molecule is CC(C)Cn1nc(C(=O)O[C@H](C)C(=O)NC(N)=O)c2ccccc2c1=O. The average Bonchev–Trinajstić information content (AvgIpc) is 2.56. The third-order valence-electron chi connectivity index (χ3n) is 3.50. The molecule has 2 aromatic rings. The number of carbonyl (C=O) groups excluding carboxylic acids is 3. The molecule has 1 atom stereocenters. The van der Waals surface area contributed by atoms with Crippen molar-refractivity contribution in [1.82, 2.24) is 15.1 Å². The number of aromatic nitrogens is 2. The second-order valence-electron chi connectivity index (χ2n) is 6.18. The lowest BCUT2D eigenvalue weighted by atomic mass is 10.1. The van der Waals surface area contributed by atoms with Crippen molar-refractivity contribution in [3.05, 3.63) is 40.3 Å². The van der Waals surface area contributed by atoms with Gasteiger partial charge in [-0.3, -0.25) is 14.9 Å². The Hall–Kier alpha value is -3.23. The van der Waals surface area contributed by atoms with Gasteiger partial charge in [-0.2, -0.15) is 5.10 Å². The van der Waals surface area contributed by atoms with E-state index in [-0.39, 0.29) is 17.2 Å². The van der Waals surface area contributed by atoms with E-state index in [1.807, 2.05) is 19.2 Å². The second-order valence-corrected chi connectivity index (χ2v) is 6.18. The van der Waals surface area contributed by atoms with Gasteiger partial charge in [-0.05, 0) is 18.9 Å². The molecule has 9 heteroatoms. The van der Waals surface area contributed by atoms with Crippen molar-refractivity contribution < 1.29 is 19.1 Å². The smallest absolute Gasteiger partial charge is 0.360 e. The molecule has 0 bridgehead atoms. The van der Waals surface area contributed by atoms with Gasteiger partial charge in [0.15, 0.2) is 11.8 Å². The Balaban J connectivity index is 2.43. The van der Waals surface area contributed by atoms with Crippen molar-refractivity contribution in [2.75, 3.05) is 0 Å². The minimum atomic E-state index is -1.26. The van der Waals surface area contributed by atoms with E-state index in [0.29, 0.717) is 17.3 Å². The lowest BCUT2D eigenvalue weighted by molar-refractivity contribution is -0.127. The molecule has 9 nitrogen and oxygen atoms in total. The van der Waals surface area contributed by atoms with Crippen molar-refractivity contribution in [2.45, 2.75) is 33.4 Å². The number of rotatable bonds is 5. The van der Waals surface area contributed by atoms with Crippen molar-refractivity contribution in [3.63, 3.8) is 0 Å². The molecule has 0 aliphatic rings. The number of fused-ring (bicyclic) bond motifs is 1. The Morgan fingerprint density at radius 2 is 1.81 bits per heavy atom. The number of benzene rings is 1. The molecule has 0 radical (unpaired) electrons. The summed E-state index contributed by atoms with van der Waals surface area (Å²) < 4.78 is 6.28. The molecule has 0 aliphatic heterocycles. The molecule has 1 aromatic carbocycles. The normalized spacial score (nSPS) is 12.0. The molecule has 3 amide bonds. The first-order valence-corrected chi connectivity index (χ1v) is 8.01. The van der Waals surface area contributed by atoms with E-state index in [0.717, 1.165) is 0 Å². The summed E-state index contributed by atoms with van der Waals surface area (Å²) in [6.45, 7) is 5.44. The Bertz CT molecular complexity index is 919. The van der Waals surface area contributed by atoms with E-state index < -0.39 is 24.0 Å². The predicted molar refractivity (Wildman–Crippen MR) is 93.4 cm³/mol. The highest BCUT2D eigenvalue weighted by atomic mass is 16.5. The zero-order valence-electron chi connectivity index (χ0n) is 14.7. The van der Waals surface area contributed by atoms with E-state index in [4.69, 9.17) is 10.5 Å². The maximum Gasteiger partial charge on any atom is 0.360 e. The number of hydrogen-bond acceptors (Lipinski definition) is 6. The summed E-state index contributed by atoms with van der Waals surface area (Å²) in [7, 11) is 0. The van der Waals surface area contributed by atoms with Crippen LogP contribution in [0.2, 0.25) is 0 Å². The van der Waals surface area contributed by atoms with Crippen LogP contribution in [0.15, 0.2) is 29.1 Å².